The van der Waals surface area contributed by atoms with Gasteiger partial charge >= 0.3 is 0 Å². The molecule has 4 rings (SSSR count). The number of carbonyl (C=O) groups is 1. The summed E-state index contributed by atoms with van der Waals surface area (Å²) in [5.74, 6) is 1.72. The lowest BCUT2D eigenvalue weighted by atomic mass is 9.78. The maximum Gasteiger partial charge on any atom is 0.196 e. The van der Waals surface area contributed by atoms with Gasteiger partial charge in [0.2, 0.25) is 0 Å². The number of piperidine rings is 1. The number of anilines is 1. The Morgan fingerprint density at radius 2 is 2.10 bits per heavy atom. The second-order valence-corrected chi connectivity index (χ2v) is 6.81. The van der Waals surface area contributed by atoms with Gasteiger partial charge in [-0.25, -0.2) is 4.98 Å². The summed E-state index contributed by atoms with van der Waals surface area (Å²) in [6.07, 6.45) is 10.8. The van der Waals surface area contributed by atoms with Crippen molar-refractivity contribution >= 4 is 28.4 Å². The molecule has 0 amide bonds. The van der Waals surface area contributed by atoms with E-state index in [1.165, 1.54) is 38.5 Å². The first-order valence-corrected chi connectivity index (χ1v) is 8.44. The molecular formula is C15H19N3OS. The zero-order valence-electron chi connectivity index (χ0n) is 11.5. The van der Waals surface area contributed by atoms with Crippen LogP contribution in [0.5, 0.6) is 0 Å². The van der Waals surface area contributed by atoms with Crippen LogP contribution in [0, 0.1) is 5.92 Å². The summed E-state index contributed by atoms with van der Waals surface area (Å²) >= 11 is 1.60. The van der Waals surface area contributed by atoms with E-state index in [0.717, 1.165) is 35.2 Å². The van der Waals surface area contributed by atoms with Gasteiger partial charge in [-0.15, -0.1) is 11.3 Å². The van der Waals surface area contributed by atoms with Gasteiger partial charge in [-0.05, 0) is 31.6 Å². The number of rotatable bonds is 2. The van der Waals surface area contributed by atoms with Crippen LogP contribution in [0.4, 0.5) is 5.82 Å². The van der Waals surface area contributed by atoms with Crippen molar-refractivity contribution in [2.75, 3.05) is 11.4 Å². The fourth-order valence-electron chi connectivity index (χ4n) is 4.00. The summed E-state index contributed by atoms with van der Waals surface area (Å²) < 4.78 is 1.93. The fraction of sp³-hybridized carbons (Fsp3) is 0.600. The van der Waals surface area contributed by atoms with E-state index in [0.29, 0.717) is 6.04 Å². The first kappa shape index (κ1) is 12.4. The first-order valence-electron chi connectivity index (χ1n) is 7.56. The van der Waals surface area contributed by atoms with Gasteiger partial charge in [0, 0.05) is 24.2 Å². The summed E-state index contributed by atoms with van der Waals surface area (Å²) in [6, 6.07) is 0.598. The lowest BCUT2D eigenvalue weighted by Crippen LogP contribution is -2.47. The predicted molar refractivity (Wildman–Crippen MR) is 80.8 cm³/mol. The van der Waals surface area contributed by atoms with Crippen molar-refractivity contribution in [3.8, 4) is 0 Å². The minimum absolute atomic E-state index is 0.598. The minimum Gasteiger partial charge on any atom is -0.351 e. The maximum atomic E-state index is 11.5. The van der Waals surface area contributed by atoms with Crippen molar-refractivity contribution in [2.24, 2.45) is 5.92 Å². The zero-order valence-corrected chi connectivity index (χ0v) is 12.3. The third-order valence-corrected chi connectivity index (χ3v) is 5.66. The average Bonchev–Trinajstić information content (AvgIpc) is 3.06. The number of fused-ring (bicyclic) bond motifs is 2. The Hall–Kier alpha value is -1.36. The number of thiazole rings is 1. The van der Waals surface area contributed by atoms with Crippen LogP contribution in [-0.4, -0.2) is 28.3 Å². The molecular weight excluding hydrogens is 270 g/mol. The Bertz CT molecular complexity index is 630. The van der Waals surface area contributed by atoms with Gasteiger partial charge in [-0.1, -0.05) is 12.8 Å². The largest absolute Gasteiger partial charge is 0.351 e. The van der Waals surface area contributed by atoms with Crippen molar-refractivity contribution in [1.29, 1.82) is 0 Å². The molecule has 5 heteroatoms. The molecule has 106 valence electrons. The summed E-state index contributed by atoms with van der Waals surface area (Å²) in [5, 5.41) is 1.98. The second kappa shape index (κ2) is 4.88. The number of nitrogens with zero attached hydrogens (tertiary/aromatic N) is 3. The standard InChI is InChI=1S/C15H19N3OS/c19-10-13-14(16-15-18(13)8-9-20-15)17-7-3-5-11-4-1-2-6-12(11)17/h8-12H,1-7H2/t11-,12-/m1/s1. The molecule has 1 saturated heterocycles. The SMILES string of the molecule is O=Cc1c(N2CCC[C@H]3CCCC[C@H]32)nc2sccn12. The quantitative estimate of drug-likeness (QED) is 0.796. The van der Waals surface area contributed by atoms with Gasteiger partial charge in [0.25, 0.3) is 0 Å². The van der Waals surface area contributed by atoms with E-state index in [9.17, 15) is 4.79 Å². The molecule has 4 nitrogen and oxygen atoms in total. The minimum atomic E-state index is 0.598. The number of imidazole rings is 1. The lowest BCUT2D eigenvalue weighted by molar-refractivity contribution is 0.111. The van der Waals surface area contributed by atoms with E-state index in [4.69, 9.17) is 4.98 Å². The third-order valence-electron chi connectivity index (χ3n) is 4.91. The molecule has 0 aromatic carbocycles. The van der Waals surface area contributed by atoms with Gasteiger partial charge in [0.05, 0.1) is 0 Å². The Kier molecular flexibility index (Phi) is 3.02. The van der Waals surface area contributed by atoms with Crippen LogP contribution >= 0.6 is 11.3 Å². The summed E-state index contributed by atoms with van der Waals surface area (Å²) in [5.41, 5.74) is 0.729. The number of hydrogen-bond acceptors (Lipinski definition) is 4. The monoisotopic (exact) mass is 289 g/mol. The molecule has 2 aliphatic rings. The van der Waals surface area contributed by atoms with Crippen LogP contribution in [0.3, 0.4) is 0 Å². The maximum absolute atomic E-state index is 11.5. The normalized spacial score (nSPS) is 26.7. The number of aromatic nitrogens is 2. The highest BCUT2D eigenvalue weighted by Gasteiger charge is 2.35. The molecule has 0 spiro atoms. The molecule has 2 fully saturated rings. The van der Waals surface area contributed by atoms with Gasteiger partial charge in [-0.2, -0.15) is 0 Å². The highest BCUT2D eigenvalue weighted by atomic mass is 32.1. The van der Waals surface area contributed by atoms with Crippen molar-refractivity contribution < 1.29 is 4.79 Å². The molecule has 1 saturated carbocycles. The van der Waals surface area contributed by atoms with E-state index in [2.05, 4.69) is 4.90 Å². The van der Waals surface area contributed by atoms with E-state index in [1.807, 2.05) is 16.0 Å². The van der Waals surface area contributed by atoms with Crippen molar-refractivity contribution in [3.63, 3.8) is 0 Å². The molecule has 3 heterocycles. The molecule has 1 aliphatic heterocycles. The van der Waals surface area contributed by atoms with Crippen LogP contribution in [0.1, 0.15) is 49.0 Å². The first-order chi connectivity index (χ1) is 9.88. The molecule has 2 aromatic heterocycles. The van der Waals surface area contributed by atoms with Crippen molar-refractivity contribution in [2.45, 2.75) is 44.6 Å². The number of aldehydes is 1. The molecule has 0 bridgehead atoms. The van der Waals surface area contributed by atoms with Gasteiger partial charge in [0.15, 0.2) is 17.1 Å². The van der Waals surface area contributed by atoms with Crippen LogP contribution in [0.15, 0.2) is 11.6 Å². The lowest BCUT2D eigenvalue weighted by Gasteiger charge is -2.44. The van der Waals surface area contributed by atoms with E-state index >= 15 is 0 Å². The predicted octanol–water partition coefficient (Wildman–Crippen LogP) is 3.37. The zero-order chi connectivity index (χ0) is 13.5. The second-order valence-electron chi connectivity index (χ2n) is 5.94. The molecule has 1 aliphatic carbocycles. The Balaban J connectivity index is 1.76. The topological polar surface area (TPSA) is 37.6 Å². The summed E-state index contributed by atoms with van der Waals surface area (Å²) in [7, 11) is 0. The van der Waals surface area contributed by atoms with Crippen LogP contribution in [0.25, 0.3) is 4.96 Å². The molecule has 0 N–H and O–H groups in total. The highest BCUT2D eigenvalue weighted by Crippen LogP contribution is 2.38. The van der Waals surface area contributed by atoms with Crippen LogP contribution < -0.4 is 4.90 Å². The highest BCUT2D eigenvalue weighted by molar-refractivity contribution is 7.15. The summed E-state index contributed by atoms with van der Waals surface area (Å²) in [6.45, 7) is 1.05. The Morgan fingerprint density at radius 3 is 3.00 bits per heavy atom. The number of carbonyl (C=O) groups excluding carboxylic acids is 1. The molecule has 0 unspecified atom stereocenters. The Labute approximate surface area is 122 Å². The fourth-order valence-corrected chi connectivity index (χ4v) is 4.72. The van der Waals surface area contributed by atoms with E-state index in [1.54, 1.807) is 11.3 Å². The third kappa shape index (κ3) is 1.79. The molecule has 0 radical (unpaired) electrons. The van der Waals surface area contributed by atoms with Gasteiger partial charge < -0.3 is 4.90 Å². The average molecular weight is 289 g/mol. The van der Waals surface area contributed by atoms with Crippen LogP contribution in [0.2, 0.25) is 0 Å². The number of hydrogen-bond donors (Lipinski definition) is 0. The molecule has 20 heavy (non-hydrogen) atoms. The van der Waals surface area contributed by atoms with E-state index in [-0.39, 0.29) is 0 Å². The summed E-state index contributed by atoms with van der Waals surface area (Å²) in [4.78, 5) is 19.6. The molecule has 2 atom stereocenters. The van der Waals surface area contributed by atoms with Gasteiger partial charge in [0.1, 0.15) is 5.69 Å². The van der Waals surface area contributed by atoms with E-state index < -0.39 is 0 Å². The van der Waals surface area contributed by atoms with Gasteiger partial charge in [-0.3, -0.25) is 9.20 Å². The van der Waals surface area contributed by atoms with Crippen LogP contribution in [-0.2, 0) is 0 Å². The van der Waals surface area contributed by atoms with Crippen molar-refractivity contribution in [3.05, 3.63) is 17.3 Å². The van der Waals surface area contributed by atoms with Crippen molar-refractivity contribution in [1.82, 2.24) is 9.38 Å². The Morgan fingerprint density at radius 1 is 1.25 bits per heavy atom. The molecule has 2 aromatic rings. The smallest absolute Gasteiger partial charge is 0.196 e.